The third-order valence-electron chi connectivity index (χ3n) is 1.73. The van der Waals surface area contributed by atoms with Crippen LogP contribution in [0, 0.1) is 5.82 Å². The number of carbonyl (C=O) groups is 1. The Morgan fingerprint density at radius 2 is 2.29 bits per heavy atom. The van der Waals surface area contributed by atoms with Crippen molar-refractivity contribution >= 4 is 32.9 Å². The minimum absolute atomic E-state index is 0.197. The highest BCUT2D eigenvalue weighted by molar-refractivity contribution is 9.10. The molecule has 0 bridgehead atoms. The molecule has 0 saturated heterocycles. The minimum atomic E-state index is -1.17. The average Bonchev–Trinajstić information content (AvgIpc) is 2.48. The normalized spacial score (nSPS) is 10.7. The van der Waals surface area contributed by atoms with Gasteiger partial charge in [0.15, 0.2) is 0 Å². The van der Waals surface area contributed by atoms with Crippen molar-refractivity contribution in [2.45, 2.75) is 0 Å². The molecule has 0 unspecified atom stereocenters. The van der Waals surface area contributed by atoms with Gasteiger partial charge in [-0.15, -0.1) is 0 Å². The number of carboxylic acid groups (broad SMARTS) is 1. The maximum atomic E-state index is 13.0. The maximum Gasteiger partial charge on any atom is 0.371 e. The first-order valence-electron chi connectivity index (χ1n) is 3.66. The second-order valence-corrected chi connectivity index (χ2v) is 3.53. The summed E-state index contributed by atoms with van der Waals surface area (Å²) >= 11 is 2.99. The zero-order chi connectivity index (χ0) is 10.3. The van der Waals surface area contributed by atoms with E-state index in [9.17, 15) is 9.18 Å². The van der Waals surface area contributed by atoms with Gasteiger partial charge in [0.2, 0.25) is 5.82 Å². The van der Waals surface area contributed by atoms with E-state index in [1.165, 1.54) is 12.1 Å². The average molecular weight is 259 g/mol. The van der Waals surface area contributed by atoms with Crippen molar-refractivity contribution in [2.24, 2.45) is 0 Å². The highest BCUT2D eigenvalue weighted by atomic mass is 79.9. The third kappa shape index (κ3) is 1.37. The highest BCUT2D eigenvalue weighted by Gasteiger charge is 2.11. The number of fused-ring (bicyclic) bond motifs is 1. The summed E-state index contributed by atoms with van der Waals surface area (Å²) in [6.07, 6.45) is 0. The Morgan fingerprint density at radius 1 is 1.57 bits per heavy atom. The number of aromatic nitrogens is 2. The molecule has 0 atom stereocenters. The van der Waals surface area contributed by atoms with E-state index >= 15 is 0 Å². The third-order valence-corrected chi connectivity index (χ3v) is 2.33. The Labute approximate surface area is 85.9 Å². The van der Waals surface area contributed by atoms with Gasteiger partial charge in [0.1, 0.15) is 5.82 Å². The van der Waals surface area contributed by atoms with Gasteiger partial charge in [0.25, 0.3) is 0 Å². The number of H-pyrrole nitrogens is 1. The number of aromatic amines is 1. The molecule has 1 aromatic carbocycles. The molecular formula is C8H4BrFN2O2. The van der Waals surface area contributed by atoms with Crippen LogP contribution in [0.2, 0.25) is 0 Å². The lowest BCUT2D eigenvalue weighted by Gasteiger charge is -1.92. The van der Waals surface area contributed by atoms with Crippen LogP contribution in [0.4, 0.5) is 4.39 Å². The maximum absolute atomic E-state index is 13.0. The van der Waals surface area contributed by atoms with E-state index in [4.69, 9.17) is 5.11 Å². The van der Waals surface area contributed by atoms with E-state index in [-0.39, 0.29) is 10.3 Å². The number of aromatic carboxylic acids is 1. The molecule has 0 aliphatic carbocycles. The molecule has 2 aromatic rings. The molecule has 1 heterocycles. The fourth-order valence-electron chi connectivity index (χ4n) is 1.11. The largest absolute Gasteiger partial charge is 0.475 e. The summed E-state index contributed by atoms with van der Waals surface area (Å²) in [7, 11) is 0. The van der Waals surface area contributed by atoms with Crippen LogP contribution in [0.1, 0.15) is 10.6 Å². The van der Waals surface area contributed by atoms with Gasteiger partial charge in [0.05, 0.1) is 15.5 Å². The number of nitrogens with one attached hydrogen (secondary N) is 1. The summed E-state index contributed by atoms with van der Waals surface area (Å²) in [4.78, 5) is 16.8. The molecule has 2 rings (SSSR count). The molecule has 0 aliphatic rings. The first kappa shape index (κ1) is 9.14. The first-order valence-corrected chi connectivity index (χ1v) is 4.45. The van der Waals surface area contributed by atoms with Crippen molar-refractivity contribution in [1.29, 1.82) is 0 Å². The summed E-state index contributed by atoms with van der Waals surface area (Å²) in [6.45, 7) is 0. The summed E-state index contributed by atoms with van der Waals surface area (Å²) in [5, 5.41) is 8.63. The second kappa shape index (κ2) is 3.06. The lowest BCUT2D eigenvalue weighted by Crippen LogP contribution is -1.97. The van der Waals surface area contributed by atoms with Gasteiger partial charge < -0.3 is 10.1 Å². The van der Waals surface area contributed by atoms with Gasteiger partial charge in [0, 0.05) is 6.07 Å². The molecular weight excluding hydrogens is 255 g/mol. The van der Waals surface area contributed by atoms with Gasteiger partial charge in [-0.1, -0.05) is 0 Å². The number of halogens is 2. The molecule has 0 fully saturated rings. The molecule has 0 amide bonds. The van der Waals surface area contributed by atoms with Crippen LogP contribution in [0.3, 0.4) is 0 Å². The Bertz CT molecular complexity index is 484. The Balaban J connectivity index is 2.72. The van der Waals surface area contributed by atoms with E-state index < -0.39 is 11.8 Å². The topological polar surface area (TPSA) is 66.0 Å². The van der Waals surface area contributed by atoms with Crippen LogP contribution in [-0.2, 0) is 0 Å². The molecule has 4 nitrogen and oxygen atoms in total. The highest BCUT2D eigenvalue weighted by Crippen LogP contribution is 2.21. The number of hydrogen-bond acceptors (Lipinski definition) is 2. The quantitative estimate of drug-likeness (QED) is 0.824. The van der Waals surface area contributed by atoms with E-state index in [0.717, 1.165) is 0 Å². The van der Waals surface area contributed by atoms with Crippen molar-refractivity contribution in [2.75, 3.05) is 0 Å². The monoisotopic (exact) mass is 258 g/mol. The van der Waals surface area contributed by atoms with Crippen LogP contribution in [0.15, 0.2) is 16.6 Å². The van der Waals surface area contributed by atoms with Crippen molar-refractivity contribution in [1.82, 2.24) is 9.97 Å². The van der Waals surface area contributed by atoms with Gasteiger partial charge in [-0.25, -0.2) is 14.2 Å². The van der Waals surface area contributed by atoms with E-state index in [0.29, 0.717) is 11.0 Å². The van der Waals surface area contributed by atoms with Gasteiger partial charge in [-0.3, -0.25) is 0 Å². The zero-order valence-corrected chi connectivity index (χ0v) is 8.30. The Morgan fingerprint density at radius 3 is 2.93 bits per heavy atom. The van der Waals surface area contributed by atoms with Gasteiger partial charge in [-0.05, 0) is 22.0 Å². The molecule has 2 N–H and O–H groups in total. The summed E-state index contributed by atoms with van der Waals surface area (Å²) < 4.78 is 13.3. The Hall–Kier alpha value is -1.43. The van der Waals surface area contributed by atoms with Crippen LogP contribution in [0.5, 0.6) is 0 Å². The lowest BCUT2D eigenvalue weighted by molar-refractivity contribution is 0.0685. The van der Waals surface area contributed by atoms with Crippen molar-refractivity contribution in [3.8, 4) is 0 Å². The van der Waals surface area contributed by atoms with E-state index in [1.54, 1.807) is 0 Å². The molecule has 0 radical (unpaired) electrons. The zero-order valence-electron chi connectivity index (χ0n) is 6.71. The number of carboxylic acids is 1. The van der Waals surface area contributed by atoms with E-state index in [1.807, 2.05) is 0 Å². The van der Waals surface area contributed by atoms with Crippen LogP contribution in [0.25, 0.3) is 11.0 Å². The number of imidazole rings is 1. The standard InChI is InChI=1S/C8H4BrFN2O2/c9-3-1-5-6(2-4(3)10)12-7(11-5)8(13)14/h1-2H,(H,11,12)(H,13,14). The van der Waals surface area contributed by atoms with E-state index in [2.05, 4.69) is 25.9 Å². The number of hydrogen-bond donors (Lipinski definition) is 2. The van der Waals surface area contributed by atoms with Crippen molar-refractivity contribution in [3.63, 3.8) is 0 Å². The smallest absolute Gasteiger partial charge is 0.371 e. The fraction of sp³-hybridized carbons (Fsp3) is 0. The molecule has 0 saturated carbocycles. The van der Waals surface area contributed by atoms with Gasteiger partial charge >= 0.3 is 5.97 Å². The lowest BCUT2D eigenvalue weighted by atomic mass is 10.3. The second-order valence-electron chi connectivity index (χ2n) is 2.67. The Kier molecular flexibility index (Phi) is 1.99. The number of benzene rings is 1. The summed E-state index contributed by atoms with van der Waals surface area (Å²) in [6, 6.07) is 2.62. The van der Waals surface area contributed by atoms with Gasteiger partial charge in [-0.2, -0.15) is 0 Å². The molecule has 14 heavy (non-hydrogen) atoms. The first-order chi connectivity index (χ1) is 6.58. The van der Waals surface area contributed by atoms with Crippen LogP contribution in [-0.4, -0.2) is 21.0 Å². The van der Waals surface area contributed by atoms with Crippen LogP contribution >= 0.6 is 15.9 Å². The fourth-order valence-corrected chi connectivity index (χ4v) is 1.44. The number of rotatable bonds is 1. The van der Waals surface area contributed by atoms with Crippen LogP contribution < -0.4 is 0 Å². The molecule has 72 valence electrons. The van der Waals surface area contributed by atoms with Crippen molar-refractivity contribution < 1.29 is 14.3 Å². The predicted molar refractivity (Wildman–Crippen MR) is 50.7 cm³/mol. The predicted octanol–water partition coefficient (Wildman–Crippen LogP) is 2.16. The molecule has 6 heteroatoms. The molecule has 1 aromatic heterocycles. The summed E-state index contributed by atoms with van der Waals surface area (Å²) in [5.41, 5.74) is 0.777. The molecule has 0 spiro atoms. The minimum Gasteiger partial charge on any atom is -0.475 e. The summed E-state index contributed by atoms with van der Waals surface area (Å²) in [5.74, 6) is -1.83. The number of nitrogens with zero attached hydrogens (tertiary/aromatic N) is 1. The van der Waals surface area contributed by atoms with Crippen molar-refractivity contribution in [3.05, 3.63) is 28.2 Å². The molecule has 0 aliphatic heterocycles. The SMILES string of the molecule is O=C(O)c1nc2cc(Br)c(F)cc2[nH]1.